The highest BCUT2D eigenvalue weighted by atomic mass is 32.1. The van der Waals surface area contributed by atoms with Gasteiger partial charge in [0.25, 0.3) is 5.91 Å². The lowest BCUT2D eigenvalue weighted by molar-refractivity contribution is -0.113. The van der Waals surface area contributed by atoms with Crippen LogP contribution in [0.15, 0.2) is 35.3 Å². The number of nitrogens with zero attached hydrogens (tertiary/aromatic N) is 1. The second-order valence-corrected chi connectivity index (χ2v) is 2.97. The first-order valence-corrected chi connectivity index (χ1v) is 4.17. The average Bonchev–Trinajstić information content (AvgIpc) is 2.47. The van der Waals surface area contributed by atoms with Gasteiger partial charge < -0.3 is 0 Å². The van der Waals surface area contributed by atoms with Gasteiger partial charge in [-0.2, -0.15) is 0 Å². The van der Waals surface area contributed by atoms with Crippen molar-refractivity contribution in [2.24, 2.45) is 4.99 Å². The van der Waals surface area contributed by atoms with Gasteiger partial charge in [0.05, 0.1) is 0 Å². The Morgan fingerprint density at radius 1 is 1.23 bits per heavy atom. The molecule has 1 heterocycles. The molecule has 1 amide bonds. The van der Waals surface area contributed by atoms with E-state index in [1.165, 1.54) is 0 Å². The molecule has 0 bridgehead atoms. The average molecular weight is 190 g/mol. The van der Waals surface area contributed by atoms with Crippen LogP contribution in [0.1, 0.15) is 5.56 Å². The molecule has 0 aliphatic carbocycles. The van der Waals surface area contributed by atoms with Crippen molar-refractivity contribution in [1.82, 2.24) is 5.32 Å². The fourth-order valence-electron chi connectivity index (χ4n) is 1.13. The molecule has 0 spiro atoms. The molecule has 0 radical (unpaired) electrons. The van der Waals surface area contributed by atoms with Gasteiger partial charge in [0, 0.05) is 5.56 Å². The number of thiocarbonyl (C=S) groups is 1. The van der Waals surface area contributed by atoms with Gasteiger partial charge in [-0.05, 0) is 12.2 Å². The van der Waals surface area contributed by atoms with Crippen LogP contribution < -0.4 is 5.32 Å². The van der Waals surface area contributed by atoms with Crippen LogP contribution in [-0.2, 0) is 4.79 Å². The monoisotopic (exact) mass is 190 g/mol. The van der Waals surface area contributed by atoms with E-state index in [2.05, 4.69) is 10.3 Å². The number of aliphatic imine (C=N–C) groups is 1. The van der Waals surface area contributed by atoms with Crippen molar-refractivity contribution in [3.8, 4) is 0 Å². The molecule has 0 unspecified atom stereocenters. The summed E-state index contributed by atoms with van der Waals surface area (Å²) < 4.78 is 0. The number of rotatable bonds is 1. The maximum Gasteiger partial charge on any atom is 0.276 e. The van der Waals surface area contributed by atoms with E-state index in [-0.39, 0.29) is 11.0 Å². The molecule has 1 aromatic carbocycles. The summed E-state index contributed by atoms with van der Waals surface area (Å²) in [7, 11) is 0. The summed E-state index contributed by atoms with van der Waals surface area (Å²) >= 11 is 4.75. The normalized spacial score (nSPS) is 15.5. The van der Waals surface area contributed by atoms with Crippen LogP contribution in [0.4, 0.5) is 0 Å². The lowest BCUT2D eigenvalue weighted by Gasteiger charge is -1.95. The second-order valence-electron chi connectivity index (χ2n) is 2.59. The molecular formula is C9H6N2OS. The maximum absolute atomic E-state index is 11.3. The van der Waals surface area contributed by atoms with Crippen LogP contribution in [0.5, 0.6) is 0 Å². The molecule has 4 heteroatoms. The number of carbonyl (C=O) groups excluding carboxylic acids is 1. The Hall–Kier alpha value is -1.55. The van der Waals surface area contributed by atoms with Gasteiger partial charge in [0.15, 0.2) is 0 Å². The topological polar surface area (TPSA) is 41.5 Å². The van der Waals surface area contributed by atoms with Gasteiger partial charge in [-0.1, -0.05) is 30.3 Å². The minimum atomic E-state index is -0.226. The molecule has 0 saturated carbocycles. The SMILES string of the molecule is O=C1NC(=S)N=C1c1ccccc1. The number of amides is 1. The van der Waals surface area contributed by atoms with Gasteiger partial charge in [-0.15, -0.1) is 0 Å². The van der Waals surface area contributed by atoms with E-state index in [0.717, 1.165) is 5.56 Å². The van der Waals surface area contributed by atoms with Crippen LogP contribution in [0, 0.1) is 0 Å². The van der Waals surface area contributed by atoms with Crippen LogP contribution in [0.25, 0.3) is 0 Å². The van der Waals surface area contributed by atoms with Crippen molar-refractivity contribution in [3.63, 3.8) is 0 Å². The smallest absolute Gasteiger partial charge is 0.276 e. The lowest BCUT2D eigenvalue weighted by atomic mass is 10.1. The van der Waals surface area contributed by atoms with E-state index >= 15 is 0 Å². The molecule has 1 aromatic rings. The molecule has 64 valence electrons. The summed E-state index contributed by atoms with van der Waals surface area (Å²) in [6.45, 7) is 0. The zero-order chi connectivity index (χ0) is 9.26. The molecule has 2 rings (SSSR count). The summed E-state index contributed by atoms with van der Waals surface area (Å²) in [6, 6.07) is 9.24. The number of benzene rings is 1. The van der Waals surface area contributed by atoms with E-state index < -0.39 is 0 Å². The third-order valence-corrected chi connectivity index (χ3v) is 1.89. The summed E-state index contributed by atoms with van der Waals surface area (Å²) in [5, 5.41) is 2.69. The van der Waals surface area contributed by atoms with Crippen LogP contribution in [0.3, 0.4) is 0 Å². The minimum Gasteiger partial charge on any atom is -0.296 e. The predicted octanol–water partition coefficient (Wildman–Crippen LogP) is 0.890. The Bertz CT molecular complexity index is 397. The first-order valence-electron chi connectivity index (χ1n) is 3.77. The van der Waals surface area contributed by atoms with Gasteiger partial charge in [-0.3, -0.25) is 10.1 Å². The van der Waals surface area contributed by atoms with Crippen molar-refractivity contribution in [1.29, 1.82) is 0 Å². The Kier molecular flexibility index (Phi) is 1.90. The van der Waals surface area contributed by atoms with Gasteiger partial charge >= 0.3 is 0 Å². The molecule has 0 aromatic heterocycles. The number of carbonyl (C=O) groups is 1. The molecule has 0 atom stereocenters. The van der Waals surface area contributed by atoms with E-state index in [1.54, 1.807) is 0 Å². The van der Waals surface area contributed by atoms with Gasteiger partial charge in [0.1, 0.15) is 5.71 Å². The third-order valence-electron chi connectivity index (χ3n) is 1.70. The fraction of sp³-hybridized carbons (Fsp3) is 0. The zero-order valence-corrected chi connectivity index (χ0v) is 7.47. The molecule has 13 heavy (non-hydrogen) atoms. The lowest BCUT2D eigenvalue weighted by Crippen LogP contribution is -2.25. The van der Waals surface area contributed by atoms with Crippen LogP contribution >= 0.6 is 12.2 Å². The zero-order valence-electron chi connectivity index (χ0n) is 6.65. The Balaban J connectivity index is 2.43. The third kappa shape index (κ3) is 1.48. The van der Waals surface area contributed by atoms with E-state index in [1.807, 2.05) is 30.3 Å². The van der Waals surface area contributed by atoms with Crippen molar-refractivity contribution in [2.45, 2.75) is 0 Å². The van der Waals surface area contributed by atoms with E-state index in [9.17, 15) is 4.79 Å². The van der Waals surface area contributed by atoms with Crippen molar-refractivity contribution in [2.75, 3.05) is 0 Å². The quantitative estimate of drug-likeness (QED) is 0.668. The fourth-order valence-corrected chi connectivity index (χ4v) is 1.31. The highest BCUT2D eigenvalue weighted by Gasteiger charge is 2.21. The number of hydrogen-bond donors (Lipinski definition) is 1. The van der Waals surface area contributed by atoms with Crippen molar-refractivity contribution < 1.29 is 4.79 Å². The Morgan fingerprint density at radius 2 is 1.92 bits per heavy atom. The first-order chi connectivity index (χ1) is 6.27. The standard InChI is InChI=1S/C9H6N2OS/c12-8-7(10-9(13)11-8)6-4-2-1-3-5-6/h1-5H,(H,11,12,13). The Morgan fingerprint density at radius 3 is 2.46 bits per heavy atom. The maximum atomic E-state index is 11.3. The number of hydrogen-bond acceptors (Lipinski definition) is 2. The van der Waals surface area contributed by atoms with E-state index in [0.29, 0.717) is 5.71 Å². The van der Waals surface area contributed by atoms with Gasteiger partial charge in [-0.25, -0.2) is 4.99 Å². The molecule has 3 nitrogen and oxygen atoms in total. The highest BCUT2D eigenvalue weighted by molar-refractivity contribution is 7.80. The van der Waals surface area contributed by atoms with Crippen molar-refractivity contribution in [3.05, 3.63) is 35.9 Å². The molecule has 0 saturated heterocycles. The van der Waals surface area contributed by atoms with Crippen LogP contribution in [-0.4, -0.2) is 16.7 Å². The summed E-state index contributed by atoms with van der Waals surface area (Å²) in [5.41, 5.74) is 1.19. The molecule has 1 aliphatic rings. The number of nitrogens with one attached hydrogen (secondary N) is 1. The molecule has 0 fully saturated rings. The summed E-state index contributed by atoms with van der Waals surface area (Å²) in [4.78, 5) is 15.2. The minimum absolute atomic E-state index is 0.226. The van der Waals surface area contributed by atoms with Crippen LogP contribution in [0.2, 0.25) is 0 Å². The van der Waals surface area contributed by atoms with Crippen molar-refractivity contribution >= 4 is 28.9 Å². The second kappa shape index (κ2) is 3.06. The van der Waals surface area contributed by atoms with E-state index in [4.69, 9.17) is 12.2 Å². The first kappa shape index (κ1) is 8.07. The summed E-state index contributed by atoms with van der Waals surface area (Å²) in [6.07, 6.45) is 0. The molecular weight excluding hydrogens is 184 g/mol. The predicted molar refractivity (Wildman–Crippen MR) is 53.7 cm³/mol. The highest BCUT2D eigenvalue weighted by Crippen LogP contribution is 2.05. The molecule has 1 N–H and O–H groups in total. The summed E-state index contributed by atoms with van der Waals surface area (Å²) in [5.74, 6) is -0.226. The van der Waals surface area contributed by atoms with Gasteiger partial charge in [0.2, 0.25) is 5.11 Å². The molecule has 1 aliphatic heterocycles. The largest absolute Gasteiger partial charge is 0.296 e. The Labute approximate surface area is 80.5 Å².